The Balaban J connectivity index is 1.24. The monoisotopic (exact) mass is 559 g/mol. The number of aryl methyl sites for hydroxylation is 2. The van der Waals surface area contributed by atoms with Gasteiger partial charge in [-0.1, -0.05) is 11.6 Å². The van der Waals surface area contributed by atoms with Crippen LogP contribution in [0.15, 0.2) is 30.3 Å². The highest BCUT2D eigenvalue weighted by Gasteiger charge is 2.32. The Labute approximate surface area is 224 Å². The van der Waals surface area contributed by atoms with Crippen molar-refractivity contribution in [2.75, 3.05) is 24.9 Å². The highest BCUT2D eigenvalue weighted by Crippen LogP contribution is 2.35. The predicted octanol–water partition coefficient (Wildman–Crippen LogP) is 3.78. The molecule has 0 aliphatic carbocycles. The molecule has 2 aliphatic heterocycles. The zero-order chi connectivity index (χ0) is 27.2. The zero-order valence-corrected chi connectivity index (χ0v) is 22.6. The van der Waals surface area contributed by atoms with Crippen molar-refractivity contribution < 1.29 is 32.2 Å². The molecule has 5 rings (SSSR count). The van der Waals surface area contributed by atoms with Crippen molar-refractivity contribution in [2.45, 2.75) is 33.2 Å². The fourth-order valence-electron chi connectivity index (χ4n) is 4.81. The van der Waals surface area contributed by atoms with Gasteiger partial charge in [0, 0.05) is 40.3 Å². The van der Waals surface area contributed by atoms with Gasteiger partial charge in [-0.3, -0.25) is 4.79 Å². The number of fused-ring (bicyclic) bond motifs is 1. The van der Waals surface area contributed by atoms with Crippen molar-refractivity contribution in [1.29, 1.82) is 0 Å². The molecular weight excluding hydrogens is 534 g/mol. The lowest BCUT2D eigenvalue weighted by Crippen LogP contribution is -2.13. The van der Waals surface area contributed by atoms with Crippen molar-refractivity contribution in [3.8, 4) is 17.2 Å². The number of benzene rings is 1. The number of esters is 1. The van der Waals surface area contributed by atoms with Crippen molar-refractivity contribution >= 4 is 39.3 Å². The number of nitrogens with zero attached hydrogens (tertiary/aromatic N) is 3. The fourth-order valence-corrected chi connectivity index (χ4v) is 6.88. The van der Waals surface area contributed by atoms with E-state index in [4.69, 9.17) is 25.8 Å². The summed E-state index contributed by atoms with van der Waals surface area (Å²) >= 11 is 6.44. The number of hydrogen-bond acceptors (Lipinski definition) is 8. The molecule has 0 saturated carbocycles. The van der Waals surface area contributed by atoms with E-state index in [0.29, 0.717) is 40.4 Å². The average molecular weight is 560 g/mol. The smallest absolute Gasteiger partial charge is 0.331 e. The molecule has 200 valence electrons. The lowest BCUT2D eigenvalue weighted by atomic mass is 10.1. The first kappa shape index (κ1) is 26.1. The quantitative estimate of drug-likeness (QED) is 0.244. The van der Waals surface area contributed by atoms with Crippen molar-refractivity contribution in [3.63, 3.8) is 0 Å². The summed E-state index contributed by atoms with van der Waals surface area (Å²) < 4.78 is 43.1. The van der Waals surface area contributed by atoms with E-state index in [1.54, 1.807) is 13.0 Å². The van der Waals surface area contributed by atoms with Crippen molar-refractivity contribution in [1.82, 2.24) is 14.3 Å². The fraction of sp³-hybridized carbons (Fsp3) is 0.346. The molecule has 12 heteroatoms. The molecule has 0 bridgehead atoms. The van der Waals surface area contributed by atoms with Gasteiger partial charge in [-0.15, -0.1) is 0 Å². The Morgan fingerprint density at radius 3 is 2.68 bits per heavy atom. The van der Waals surface area contributed by atoms with Gasteiger partial charge in [-0.05, 0) is 51.5 Å². The van der Waals surface area contributed by atoms with Gasteiger partial charge in [-0.25, -0.2) is 17.9 Å². The van der Waals surface area contributed by atoms with Crippen LogP contribution in [0.2, 0.25) is 5.15 Å². The first-order valence-electron chi connectivity index (χ1n) is 12.0. The maximum atomic E-state index is 12.9. The minimum atomic E-state index is -3.11. The van der Waals surface area contributed by atoms with Gasteiger partial charge < -0.3 is 18.8 Å². The number of aromatic nitrogens is 3. The number of ketones is 1. The second-order valence-corrected chi connectivity index (χ2v) is 11.9. The van der Waals surface area contributed by atoms with Gasteiger partial charge in [0.25, 0.3) is 0 Å². The Kier molecular flexibility index (Phi) is 6.83. The third-order valence-corrected chi connectivity index (χ3v) is 8.83. The van der Waals surface area contributed by atoms with Crippen LogP contribution in [0.3, 0.4) is 0 Å². The second-order valence-electron chi connectivity index (χ2n) is 9.31. The number of rotatable bonds is 7. The Morgan fingerprint density at radius 1 is 1.18 bits per heavy atom. The summed E-state index contributed by atoms with van der Waals surface area (Å²) in [5.41, 5.74) is 3.87. The standard InChI is InChI=1S/C26H26ClN3O7S/c1-15-10-21(17(3)29(15)18-4-6-23-24(11-18)37-14-36-23)22(31)12-35-25(32)7-5-20-16(2)28-30(26(20)27)19-8-9-38(33,34)13-19/h4-7,10-11,19H,8-9,12-14H2,1-3H3. The maximum absolute atomic E-state index is 12.9. The molecule has 2 aromatic heterocycles. The molecule has 0 radical (unpaired) electrons. The zero-order valence-electron chi connectivity index (χ0n) is 21.1. The first-order chi connectivity index (χ1) is 18.0. The van der Waals surface area contributed by atoms with Crippen molar-refractivity contribution in [2.24, 2.45) is 0 Å². The van der Waals surface area contributed by atoms with E-state index in [1.165, 1.54) is 16.8 Å². The van der Waals surface area contributed by atoms with Gasteiger partial charge in [0.05, 0.1) is 23.2 Å². The first-order valence-corrected chi connectivity index (χ1v) is 14.2. The van der Waals surface area contributed by atoms with E-state index in [0.717, 1.165) is 11.4 Å². The van der Waals surface area contributed by atoms with E-state index in [2.05, 4.69) is 5.10 Å². The number of hydrogen-bond donors (Lipinski definition) is 0. The normalized spacial score (nSPS) is 17.8. The van der Waals surface area contributed by atoms with Gasteiger partial charge in [-0.2, -0.15) is 5.10 Å². The lowest BCUT2D eigenvalue weighted by molar-refractivity contribution is -0.136. The molecule has 1 fully saturated rings. The molecular formula is C26H26ClN3O7S. The molecule has 0 N–H and O–H groups in total. The molecule has 3 aromatic rings. The average Bonchev–Trinajstić information content (AvgIpc) is 3.61. The van der Waals surface area contributed by atoms with Gasteiger partial charge in [0.2, 0.25) is 12.6 Å². The number of carbonyl (C=O) groups excluding carboxylic acids is 2. The third-order valence-electron chi connectivity index (χ3n) is 6.70. The number of Topliss-reactive ketones (excluding diaryl/α,β-unsaturated/α-hetero) is 1. The number of carbonyl (C=O) groups is 2. The summed E-state index contributed by atoms with van der Waals surface area (Å²) in [6, 6.07) is 6.97. The van der Waals surface area contributed by atoms with Gasteiger partial charge >= 0.3 is 5.97 Å². The van der Waals surface area contributed by atoms with Crippen LogP contribution < -0.4 is 9.47 Å². The van der Waals surface area contributed by atoms with Crippen LogP contribution in [0.1, 0.15) is 45.5 Å². The second kappa shape index (κ2) is 9.95. The van der Waals surface area contributed by atoms with E-state index < -0.39 is 22.4 Å². The minimum Gasteiger partial charge on any atom is -0.454 e. The Morgan fingerprint density at radius 2 is 1.95 bits per heavy atom. The summed E-state index contributed by atoms with van der Waals surface area (Å²) in [5.74, 6) is 0.333. The summed E-state index contributed by atoms with van der Waals surface area (Å²) in [6.45, 7) is 5.17. The summed E-state index contributed by atoms with van der Waals surface area (Å²) in [5, 5.41) is 4.61. The molecule has 1 unspecified atom stereocenters. The molecule has 2 aliphatic rings. The molecule has 1 aromatic carbocycles. The summed E-state index contributed by atoms with van der Waals surface area (Å²) in [7, 11) is -3.11. The molecule has 4 heterocycles. The van der Waals surface area contributed by atoms with Crippen LogP contribution in [0.4, 0.5) is 0 Å². The number of sulfone groups is 1. The Hall–Kier alpha value is -3.57. The van der Waals surface area contributed by atoms with E-state index in [-0.39, 0.29) is 35.3 Å². The van der Waals surface area contributed by atoms with Crippen LogP contribution >= 0.6 is 11.6 Å². The molecule has 1 saturated heterocycles. The van der Waals surface area contributed by atoms with Crippen LogP contribution in [-0.4, -0.2) is 59.4 Å². The number of halogens is 1. The lowest BCUT2D eigenvalue weighted by Gasteiger charge is -2.10. The van der Waals surface area contributed by atoms with Gasteiger partial charge in [0.1, 0.15) is 5.15 Å². The molecule has 0 amide bonds. The van der Waals surface area contributed by atoms with E-state index in [1.807, 2.05) is 36.6 Å². The largest absolute Gasteiger partial charge is 0.454 e. The third kappa shape index (κ3) is 4.95. The molecule has 1 atom stereocenters. The Bertz CT molecular complexity index is 1590. The van der Waals surface area contributed by atoms with Crippen molar-refractivity contribution in [3.05, 3.63) is 63.7 Å². The van der Waals surface area contributed by atoms with Crippen LogP contribution in [0.5, 0.6) is 11.5 Å². The van der Waals surface area contributed by atoms with Crippen LogP contribution in [-0.2, 0) is 19.4 Å². The summed E-state index contributed by atoms with van der Waals surface area (Å²) in [6.07, 6.45) is 3.07. The molecule has 10 nitrogen and oxygen atoms in total. The maximum Gasteiger partial charge on any atom is 0.331 e. The topological polar surface area (TPSA) is 119 Å². The predicted molar refractivity (Wildman–Crippen MR) is 140 cm³/mol. The summed E-state index contributed by atoms with van der Waals surface area (Å²) in [4.78, 5) is 25.3. The highest BCUT2D eigenvalue weighted by molar-refractivity contribution is 7.91. The number of ether oxygens (including phenoxy) is 3. The highest BCUT2D eigenvalue weighted by atomic mass is 35.5. The molecule has 0 spiro atoms. The van der Waals surface area contributed by atoms with E-state index in [9.17, 15) is 18.0 Å². The molecule has 38 heavy (non-hydrogen) atoms. The van der Waals surface area contributed by atoms with Crippen LogP contribution in [0.25, 0.3) is 11.8 Å². The van der Waals surface area contributed by atoms with Gasteiger partial charge in [0.15, 0.2) is 27.9 Å². The van der Waals surface area contributed by atoms with E-state index >= 15 is 0 Å². The van der Waals surface area contributed by atoms with Crippen LogP contribution in [0, 0.1) is 20.8 Å². The minimum absolute atomic E-state index is 0.0174. The SMILES string of the molecule is Cc1nn(C2CCS(=O)(=O)C2)c(Cl)c1C=CC(=O)OCC(=O)c1cc(C)n(-c2ccc3c(c2)OCO3)c1C.